The Bertz CT molecular complexity index is 603. The van der Waals surface area contributed by atoms with Crippen molar-refractivity contribution in [2.45, 2.75) is 45.7 Å². The van der Waals surface area contributed by atoms with Gasteiger partial charge in [0.2, 0.25) is 17.7 Å². The predicted molar refractivity (Wildman–Crippen MR) is 95.6 cm³/mol. The Morgan fingerprint density at radius 3 is 2.60 bits per heavy atom. The fourth-order valence-corrected chi connectivity index (χ4v) is 3.10. The van der Waals surface area contributed by atoms with Gasteiger partial charge in [0.05, 0.1) is 0 Å². The zero-order valence-corrected chi connectivity index (χ0v) is 15.0. The van der Waals surface area contributed by atoms with Gasteiger partial charge >= 0.3 is 0 Å². The highest BCUT2D eigenvalue weighted by Gasteiger charge is 2.30. The zero-order chi connectivity index (χ0) is 18.2. The van der Waals surface area contributed by atoms with Crippen LogP contribution in [0.1, 0.15) is 38.7 Å². The van der Waals surface area contributed by atoms with Crippen LogP contribution in [0.3, 0.4) is 0 Å². The van der Waals surface area contributed by atoms with Gasteiger partial charge in [-0.15, -0.1) is 0 Å². The lowest BCUT2D eigenvalue weighted by molar-refractivity contribution is -0.133. The average molecular weight is 345 g/mol. The van der Waals surface area contributed by atoms with E-state index in [1.165, 1.54) is 6.92 Å². The van der Waals surface area contributed by atoms with Crippen molar-refractivity contribution in [1.29, 1.82) is 0 Å². The SMILES string of the molecule is CC[C@@H]1CN(C(=O)CCNC(C)=O)CCC(=O)N1Cc1ccccc1. The molecule has 25 heavy (non-hydrogen) atoms. The molecule has 1 aliphatic heterocycles. The minimum absolute atomic E-state index is 0.0124. The summed E-state index contributed by atoms with van der Waals surface area (Å²) in [5, 5.41) is 2.64. The Morgan fingerprint density at radius 1 is 1.24 bits per heavy atom. The van der Waals surface area contributed by atoms with E-state index in [4.69, 9.17) is 0 Å². The molecule has 136 valence electrons. The van der Waals surface area contributed by atoms with E-state index >= 15 is 0 Å². The van der Waals surface area contributed by atoms with Gasteiger partial charge < -0.3 is 15.1 Å². The average Bonchev–Trinajstić information content (AvgIpc) is 2.75. The lowest BCUT2D eigenvalue weighted by Gasteiger charge is -2.31. The summed E-state index contributed by atoms with van der Waals surface area (Å²) >= 11 is 0. The summed E-state index contributed by atoms with van der Waals surface area (Å²) in [6.45, 7) is 5.38. The van der Waals surface area contributed by atoms with Gasteiger partial charge in [0.15, 0.2) is 0 Å². The van der Waals surface area contributed by atoms with Crippen molar-refractivity contribution in [2.75, 3.05) is 19.6 Å². The zero-order valence-electron chi connectivity index (χ0n) is 15.0. The van der Waals surface area contributed by atoms with Crippen LogP contribution in [-0.2, 0) is 20.9 Å². The smallest absolute Gasteiger partial charge is 0.224 e. The first kappa shape index (κ1) is 19.0. The number of amides is 3. The number of hydrogen-bond acceptors (Lipinski definition) is 3. The molecule has 6 nitrogen and oxygen atoms in total. The van der Waals surface area contributed by atoms with Gasteiger partial charge in [0.1, 0.15) is 0 Å². The molecule has 1 aliphatic rings. The molecule has 1 atom stereocenters. The molecule has 0 aliphatic carbocycles. The number of benzene rings is 1. The number of carbonyl (C=O) groups excluding carboxylic acids is 3. The van der Waals surface area contributed by atoms with Gasteiger partial charge in [-0.2, -0.15) is 0 Å². The summed E-state index contributed by atoms with van der Waals surface area (Å²) in [7, 11) is 0. The van der Waals surface area contributed by atoms with Gasteiger partial charge in [0.25, 0.3) is 0 Å². The maximum Gasteiger partial charge on any atom is 0.224 e. The molecule has 0 saturated carbocycles. The Labute approximate surface area is 149 Å². The van der Waals surface area contributed by atoms with Crippen molar-refractivity contribution in [3.8, 4) is 0 Å². The van der Waals surface area contributed by atoms with Gasteiger partial charge in [-0.25, -0.2) is 0 Å². The summed E-state index contributed by atoms with van der Waals surface area (Å²) in [6.07, 6.45) is 1.41. The third-order valence-electron chi connectivity index (χ3n) is 4.52. The monoisotopic (exact) mass is 345 g/mol. The molecule has 2 rings (SSSR count). The molecule has 1 aromatic rings. The Balaban J connectivity index is 2.01. The second-order valence-corrected chi connectivity index (χ2v) is 6.39. The van der Waals surface area contributed by atoms with Gasteiger partial charge in [0, 0.05) is 52.0 Å². The molecule has 0 bridgehead atoms. The van der Waals surface area contributed by atoms with Crippen LogP contribution >= 0.6 is 0 Å². The first-order chi connectivity index (χ1) is 12.0. The van der Waals surface area contributed by atoms with Crippen LogP contribution in [0.15, 0.2) is 30.3 Å². The fourth-order valence-electron chi connectivity index (χ4n) is 3.10. The molecule has 0 radical (unpaired) electrons. The summed E-state index contributed by atoms with van der Waals surface area (Å²) in [6, 6.07) is 9.94. The van der Waals surface area contributed by atoms with Crippen LogP contribution in [0.25, 0.3) is 0 Å². The molecule has 1 aromatic carbocycles. The minimum Gasteiger partial charge on any atom is -0.356 e. The number of nitrogens with zero attached hydrogens (tertiary/aromatic N) is 2. The molecule has 0 spiro atoms. The standard InChI is InChI=1S/C19H27N3O3/c1-3-17-14-21(18(24)9-11-20-15(2)23)12-10-19(25)22(17)13-16-7-5-4-6-8-16/h4-8,17H,3,9-14H2,1-2H3,(H,20,23)/t17-/m1/s1. The molecular weight excluding hydrogens is 318 g/mol. The van der Waals surface area contributed by atoms with Crippen LogP contribution in [0.2, 0.25) is 0 Å². The number of carbonyl (C=O) groups is 3. The van der Waals surface area contributed by atoms with Crippen LogP contribution in [0, 0.1) is 0 Å². The number of rotatable bonds is 6. The van der Waals surface area contributed by atoms with Crippen molar-refractivity contribution in [3.05, 3.63) is 35.9 Å². The first-order valence-electron chi connectivity index (χ1n) is 8.86. The maximum absolute atomic E-state index is 12.6. The molecule has 0 unspecified atom stereocenters. The Hall–Kier alpha value is -2.37. The topological polar surface area (TPSA) is 69.7 Å². The van der Waals surface area contributed by atoms with Crippen LogP contribution in [-0.4, -0.2) is 53.2 Å². The van der Waals surface area contributed by atoms with Crippen LogP contribution < -0.4 is 5.32 Å². The highest BCUT2D eigenvalue weighted by molar-refractivity contribution is 5.81. The molecule has 3 amide bonds. The summed E-state index contributed by atoms with van der Waals surface area (Å²) in [4.78, 5) is 39.6. The fraction of sp³-hybridized carbons (Fsp3) is 0.526. The maximum atomic E-state index is 12.6. The highest BCUT2D eigenvalue weighted by Crippen LogP contribution is 2.18. The van der Waals surface area contributed by atoms with E-state index in [-0.39, 0.29) is 30.2 Å². The molecule has 6 heteroatoms. The normalized spacial score (nSPS) is 18.0. The number of hydrogen-bond donors (Lipinski definition) is 1. The molecule has 0 aromatic heterocycles. The van der Waals surface area contributed by atoms with E-state index in [2.05, 4.69) is 5.32 Å². The number of nitrogens with one attached hydrogen (secondary N) is 1. The predicted octanol–water partition coefficient (Wildman–Crippen LogP) is 1.55. The second-order valence-electron chi connectivity index (χ2n) is 6.39. The van der Waals surface area contributed by atoms with Crippen LogP contribution in [0.5, 0.6) is 0 Å². The molecule has 1 saturated heterocycles. The first-order valence-corrected chi connectivity index (χ1v) is 8.86. The lowest BCUT2D eigenvalue weighted by atomic mass is 10.1. The van der Waals surface area contributed by atoms with E-state index < -0.39 is 0 Å². The Kier molecular flexibility index (Phi) is 6.98. The van der Waals surface area contributed by atoms with Gasteiger partial charge in [-0.3, -0.25) is 14.4 Å². The highest BCUT2D eigenvalue weighted by atomic mass is 16.2. The summed E-state index contributed by atoms with van der Waals surface area (Å²) < 4.78 is 0. The van der Waals surface area contributed by atoms with Crippen molar-refractivity contribution in [1.82, 2.24) is 15.1 Å². The molecule has 1 fully saturated rings. The second kappa shape index (κ2) is 9.20. The van der Waals surface area contributed by atoms with E-state index in [9.17, 15) is 14.4 Å². The van der Waals surface area contributed by atoms with Crippen LogP contribution in [0.4, 0.5) is 0 Å². The molecule has 1 N–H and O–H groups in total. The van der Waals surface area contributed by atoms with Gasteiger partial charge in [-0.1, -0.05) is 37.3 Å². The largest absolute Gasteiger partial charge is 0.356 e. The minimum atomic E-state index is -0.140. The van der Waals surface area contributed by atoms with E-state index in [1.54, 1.807) is 4.90 Å². The van der Waals surface area contributed by atoms with Crippen molar-refractivity contribution < 1.29 is 14.4 Å². The summed E-state index contributed by atoms with van der Waals surface area (Å²) in [5.41, 5.74) is 1.10. The lowest BCUT2D eigenvalue weighted by Crippen LogP contribution is -2.44. The Morgan fingerprint density at radius 2 is 1.96 bits per heavy atom. The quantitative estimate of drug-likeness (QED) is 0.850. The molecule has 1 heterocycles. The van der Waals surface area contributed by atoms with E-state index in [0.29, 0.717) is 32.6 Å². The van der Waals surface area contributed by atoms with Crippen molar-refractivity contribution >= 4 is 17.7 Å². The van der Waals surface area contributed by atoms with E-state index in [1.807, 2.05) is 42.2 Å². The van der Waals surface area contributed by atoms with Gasteiger partial charge in [-0.05, 0) is 12.0 Å². The van der Waals surface area contributed by atoms with E-state index in [0.717, 1.165) is 12.0 Å². The molecular formula is C19H27N3O3. The van der Waals surface area contributed by atoms with Crippen molar-refractivity contribution in [3.63, 3.8) is 0 Å². The van der Waals surface area contributed by atoms with Crippen molar-refractivity contribution in [2.24, 2.45) is 0 Å². The summed E-state index contributed by atoms with van der Waals surface area (Å²) in [5.74, 6) is -0.0614. The third-order valence-corrected chi connectivity index (χ3v) is 4.52. The third kappa shape index (κ3) is 5.59.